The molecule has 29 heavy (non-hydrogen) atoms. The Morgan fingerprint density at radius 3 is 2.76 bits per heavy atom. The number of benzene rings is 1. The van der Waals surface area contributed by atoms with Gasteiger partial charge in [-0.25, -0.2) is 4.68 Å². The second kappa shape index (κ2) is 7.25. The fourth-order valence-electron chi connectivity index (χ4n) is 4.02. The third-order valence-electron chi connectivity index (χ3n) is 5.64. The van der Waals surface area contributed by atoms with Crippen LogP contribution in [0.2, 0.25) is 0 Å². The zero-order chi connectivity index (χ0) is 19.8. The first-order valence-corrected chi connectivity index (χ1v) is 9.84. The van der Waals surface area contributed by atoms with Crippen LogP contribution in [-0.2, 0) is 0 Å². The van der Waals surface area contributed by atoms with Gasteiger partial charge in [-0.3, -0.25) is 0 Å². The van der Waals surface area contributed by atoms with Crippen LogP contribution < -0.4 is 10.2 Å². The first kappa shape index (κ1) is 17.7. The fourth-order valence-corrected chi connectivity index (χ4v) is 4.02. The molecule has 0 aliphatic carbocycles. The highest BCUT2D eigenvalue weighted by molar-refractivity contribution is 5.95. The van der Waals surface area contributed by atoms with E-state index in [1.165, 1.54) is 0 Å². The molecule has 1 aliphatic rings. The van der Waals surface area contributed by atoms with Gasteiger partial charge in [-0.2, -0.15) is 20.5 Å². The summed E-state index contributed by atoms with van der Waals surface area (Å²) in [5.41, 5.74) is 4.03. The minimum Gasteiger partial charge on any atom is -0.355 e. The lowest BCUT2D eigenvalue weighted by Gasteiger charge is -2.35. The van der Waals surface area contributed by atoms with Crippen LogP contribution in [0.15, 0.2) is 42.7 Å². The summed E-state index contributed by atoms with van der Waals surface area (Å²) in [7, 11) is 2.10. The topological polar surface area (TPSA) is 100 Å². The Labute approximate surface area is 168 Å². The van der Waals surface area contributed by atoms with Crippen molar-refractivity contribution in [2.75, 3.05) is 18.5 Å². The zero-order valence-electron chi connectivity index (χ0n) is 16.4. The molecule has 2 atom stereocenters. The van der Waals surface area contributed by atoms with Crippen molar-refractivity contribution >= 4 is 16.9 Å². The predicted molar refractivity (Wildman–Crippen MR) is 111 cm³/mol. The van der Waals surface area contributed by atoms with E-state index in [-0.39, 0.29) is 0 Å². The number of nitrogens with zero attached hydrogens (tertiary/aromatic N) is 7. The van der Waals surface area contributed by atoms with Crippen LogP contribution in [0.4, 0.5) is 5.82 Å². The maximum atomic E-state index is 4.50. The van der Waals surface area contributed by atoms with E-state index < -0.39 is 0 Å². The van der Waals surface area contributed by atoms with Gasteiger partial charge < -0.3 is 10.2 Å². The van der Waals surface area contributed by atoms with E-state index in [9.17, 15) is 0 Å². The number of hydrogen-bond donors (Lipinski definition) is 2. The maximum Gasteiger partial charge on any atom is 0.151 e. The first-order chi connectivity index (χ1) is 14.2. The number of H-pyrrole nitrogens is 1. The lowest BCUT2D eigenvalue weighted by Crippen LogP contribution is -2.45. The highest BCUT2D eigenvalue weighted by atomic mass is 15.3. The van der Waals surface area contributed by atoms with E-state index in [4.69, 9.17) is 0 Å². The maximum absolute atomic E-state index is 4.50. The van der Waals surface area contributed by atoms with E-state index in [0.717, 1.165) is 53.2 Å². The second-order valence-electron chi connectivity index (χ2n) is 7.52. The molecule has 0 saturated carbocycles. The van der Waals surface area contributed by atoms with Gasteiger partial charge in [-0.15, -0.1) is 10.2 Å². The molecule has 0 amide bonds. The molecule has 0 spiro atoms. The van der Waals surface area contributed by atoms with Gasteiger partial charge in [0.25, 0.3) is 0 Å². The Kier molecular flexibility index (Phi) is 4.44. The van der Waals surface area contributed by atoms with Gasteiger partial charge in [0.2, 0.25) is 0 Å². The molecule has 5 rings (SSSR count). The number of fused-ring (bicyclic) bond motifs is 1. The minimum absolute atomic E-state index is 0.474. The van der Waals surface area contributed by atoms with Crippen molar-refractivity contribution in [2.45, 2.75) is 31.8 Å². The van der Waals surface area contributed by atoms with E-state index in [0.29, 0.717) is 12.1 Å². The Morgan fingerprint density at radius 2 is 2.00 bits per heavy atom. The monoisotopic (exact) mass is 389 g/mol. The lowest BCUT2D eigenvalue weighted by molar-refractivity contribution is 0.370. The third-order valence-corrected chi connectivity index (χ3v) is 5.64. The van der Waals surface area contributed by atoms with Crippen molar-refractivity contribution in [1.82, 2.24) is 40.7 Å². The van der Waals surface area contributed by atoms with E-state index in [1.807, 2.05) is 36.5 Å². The normalized spacial score (nSPS) is 19.5. The van der Waals surface area contributed by atoms with Crippen molar-refractivity contribution in [3.05, 3.63) is 42.7 Å². The Morgan fingerprint density at radius 1 is 1.10 bits per heavy atom. The van der Waals surface area contributed by atoms with Crippen LogP contribution in [0, 0.1) is 0 Å². The number of piperidine rings is 1. The molecule has 1 fully saturated rings. The van der Waals surface area contributed by atoms with Crippen molar-refractivity contribution in [3.63, 3.8) is 0 Å². The van der Waals surface area contributed by atoms with E-state index in [1.54, 1.807) is 10.9 Å². The zero-order valence-corrected chi connectivity index (χ0v) is 16.4. The third kappa shape index (κ3) is 3.23. The van der Waals surface area contributed by atoms with Crippen LogP contribution >= 0.6 is 0 Å². The lowest BCUT2D eigenvalue weighted by atomic mass is 9.99. The molecular weight excluding hydrogens is 366 g/mol. The molecule has 4 aromatic rings. The molecule has 9 nitrogen and oxygen atoms in total. The predicted octanol–water partition coefficient (Wildman–Crippen LogP) is 2.18. The summed E-state index contributed by atoms with van der Waals surface area (Å²) in [6.45, 7) is 3.26. The number of hydrogen-bond acceptors (Lipinski definition) is 7. The summed E-state index contributed by atoms with van der Waals surface area (Å²) in [5, 5.41) is 28.2. The number of rotatable bonds is 4. The Hall–Kier alpha value is -3.33. The molecule has 1 aliphatic heterocycles. The number of aromatic nitrogens is 7. The van der Waals surface area contributed by atoms with Gasteiger partial charge in [0, 0.05) is 37.1 Å². The minimum atomic E-state index is 0.474. The van der Waals surface area contributed by atoms with Gasteiger partial charge in [-0.1, -0.05) is 0 Å². The molecule has 3 aromatic heterocycles. The molecular formula is C20H23N9. The standard InChI is InChI=1S/C20H23N9/c1-13-12-14(8-10-21-13)28(2)18-7-5-16(23-24-18)15-4-6-17(29-11-3-9-22-29)20-19(15)25-27-26-20/h3-7,9,11,13-14,21H,8,10,12H2,1-2H3,(H,25,26,27)/t13-,14-/m1/s1. The summed E-state index contributed by atoms with van der Waals surface area (Å²) in [6, 6.07) is 10.9. The molecule has 0 unspecified atom stereocenters. The summed E-state index contributed by atoms with van der Waals surface area (Å²) in [6.07, 6.45) is 5.84. The summed E-state index contributed by atoms with van der Waals surface area (Å²) < 4.78 is 1.78. The number of anilines is 1. The van der Waals surface area contributed by atoms with Gasteiger partial charge in [0.15, 0.2) is 5.82 Å². The molecule has 9 heteroatoms. The van der Waals surface area contributed by atoms with Gasteiger partial charge in [0.1, 0.15) is 11.0 Å². The quantitative estimate of drug-likeness (QED) is 0.552. The van der Waals surface area contributed by atoms with E-state index in [2.05, 4.69) is 54.9 Å². The molecule has 1 aromatic carbocycles. The molecule has 0 radical (unpaired) electrons. The molecule has 0 bridgehead atoms. The van der Waals surface area contributed by atoms with Crippen LogP contribution in [0.1, 0.15) is 19.8 Å². The van der Waals surface area contributed by atoms with Crippen molar-refractivity contribution in [3.8, 4) is 16.9 Å². The largest absolute Gasteiger partial charge is 0.355 e. The van der Waals surface area contributed by atoms with Crippen LogP contribution in [0.3, 0.4) is 0 Å². The van der Waals surface area contributed by atoms with Crippen molar-refractivity contribution in [2.24, 2.45) is 0 Å². The summed E-state index contributed by atoms with van der Waals surface area (Å²) in [5.74, 6) is 0.886. The van der Waals surface area contributed by atoms with Gasteiger partial charge >= 0.3 is 0 Å². The average molecular weight is 389 g/mol. The van der Waals surface area contributed by atoms with Crippen molar-refractivity contribution < 1.29 is 0 Å². The first-order valence-electron chi connectivity index (χ1n) is 9.84. The Balaban J connectivity index is 1.45. The highest BCUT2D eigenvalue weighted by Crippen LogP contribution is 2.29. The van der Waals surface area contributed by atoms with Crippen LogP contribution in [0.25, 0.3) is 28.0 Å². The smallest absolute Gasteiger partial charge is 0.151 e. The highest BCUT2D eigenvalue weighted by Gasteiger charge is 2.23. The summed E-state index contributed by atoms with van der Waals surface area (Å²) in [4.78, 5) is 2.24. The molecule has 148 valence electrons. The second-order valence-corrected chi connectivity index (χ2v) is 7.52. The molecule has 1 saturated heterocycles. The van der Waals surface area contributed by atoms with Crippen LogP contribution in [0.5, 0.6) is 0 Å². The molecule has 2 N–H and O–H groups in total. The molecule has 4 heterocycles. The SMILES string of the molecule is C[C@@H]1C[C@H](N(C)c2ccc(-c3ccc(-n4cccn4)c4n[nH]nc34)nn2)CCN1. The van der Waals surface area contributed by atoms with Gasteiger partial charge in [0.05, 0.1) is 11.4 Å². The van der Waals surface area contributed by atoms with Gasteiger partial charge in [-0.05, 0) is 56.6 Å². The number of nitrogens with one attached hydrogen (secondary N) is 2. The van der Waals surface area contributed by atoms with Crippen LogP contribution in [-0.4, -0.2) is 61.1 Å². The Bertz CT molecular complexity index is 1100. The van der Waals surface area contributed by atoms with E-state index >= 15 is 0 Å². The summed E-state index contributed by atoms with van der Waals surface area (Å²) >= 11 is 0. The average Bonchev–Trinajstić information content (AvgIpc) is 3.45. The number of aromatic amines is 1. The van der Waals surface area contributed by atoms with Crippen molar-refractivity contribution in [1.29, 1.82) is 0 Å². The fraction of sp³-hybridized carbons (Fsp3) is 0.350.